The smallest absolute Gasteiger partial charge is 0.243 e. The summed E-state index contributed by atoms with van der Waals surface area (Å²) in [5, 5.41) is 3.64. The molecule has 0 aliphatic carbocycles. The number of halogens is 1. The monoisotopic (exact) mass is 342 g/mol. The molecule has 0 radical (unpaired) electrons. The van der Waals surface area contributed by atoms with Crippen LogP contribution >= 0.6 is 11.6 Å². The molecule has 0 fully saturated rings. The van der Waals surface area contributed by atoms with Crippen molar-refractivity contribution >= 4 is 29.1 Å². The number of anilines is 1. The quantitative estimate of drug-likeness (QED) is 0.928. The zero-order valence-corrected chi connectivity index (χ0v) is 14.2. The summed E-state index contributed by atoms with van der Waals surface area (Å²) in [7, 11) is 0. The molecule has 1 aliphatic heterocycles. The number of hydrogen-bond donors (Lipinski definition) is 1. The highest BCUT2D eigenvalue weighted by Gasteiger charge is 2.36. The van der Waals surface area contributed by atoms with Gasteiger partial charge in [0.2, 0.25) is 11.8 Å². The first-order valence-corrected chi connectivity index (χ1v) is 8.34. The summed E-state index contributed by atoms with van der Waals surface area (Å²) < 4.78 is 0. The Bertz CT molecular complexity index is 758. The van der Waals surface area contributed by atoms with Gasteiger partial charge in [-0.05, 0) is 35.7 Å². The van der Waals surface area contributed by atoms with Crippen LogP contribution in [0.3, 0.4) is 0 Å². The van der Waals surface area contributed by atoms with Gasteiger partial charge >= 0.3 is 0 Å². The first-order chi connectivity index (χ1) is 11.6. The van der Waals surface area contributed by atoms with Gasteiger partial charge in [-0.15, -0.1) is 0 Å². The molecule has 1 atom stereocenters. The fraction of sp³-hybridized carbons (Fsp3) is 0.263. The lowest BCUT2D eigenvalue weighted by atomic mass is 10.1. The number of benzene rings is 2. The first-order valence-electron chi connectivity index (χ1n) is 7.96. The number of hydrogen-bond acceptors (Lipinski definition) is 2. The molecule has 2 amide bonds. The molecule has 1 unspecified atom stereocenters. The lowest BCUT2D eigenvalue weighted by Gasteiger charge is -2.23. The van der Waals surface area contributed by atoms with Crippen LogP contribution in [0.5, 0.6) is 0 Å². The fourth-order valence-corrected chi connectivity index (χ4v) is 3.21. The number of carbonyl (C=O) groups excluding carboxylic acids is 2. The van der Waals surface area contributed by atoms with Gasteiger partial charge in [-0.1, -0.05) is 41.9 Å². The second-order valence-corrected chi connectivity index (χ2v) is 6.34. The Labute approximate surface area is 146 Å². The minimum Gasteiger partial charge on any atom is -0.354 e. The number of nitrogens with one attached hydrogen (secondary N) is 1. The predicted molar refractivity (Wildman–Crippen MR) is 95.3 cm³/mol. The molecule has 2 aromatic carbocycles. The van der Waals surface area contributed by atoms with Crippen molar-refractivity contribution in [1.29, 1.82) is 0 Å². The Morgan fingerprint density at radius 2 is 1.88 bits per heavy atom. The topological polar surface area (TPSA) is 49.4 Å². The van der Waals surface area contributed by atoms with Crippen LogP contribution in [0.15, 0.2) is 48.5 Å². The van der Waals surface area contributed by atoms with Crippen LogP contribution in [-0.2, 0) is 22.4 Å². The molecule has 0 bridgehead atoms. The third kappa shape index (κ3) is 3.44. The molecule has 1 aliphatic rings. The van der Waals surface area contributed by atoms with Gasteiger partial charge in [-0.2, -0.15) is 0 Å². The van der Waals surface area contributed by atoms with Crippen LogP contribution < -0.4 is 10.2 Å². The summed E-state index contributed by atoms with van der Waals surface area (Å²) in [6, 6.07) is 14.8. The number of para-hydroxylation sites is 1. The Kier molecular flexibility index (Phi) is 4.86. The Balaban J connectivity index is 1.62. The molecule has 0 aromatic heterocycles. The molecule has 1 N–H and O–H groups in total. The molecule has 0 saturated heterocycles. The molecule has 5 heteroatoms. The van der Waals surface area contributed by atoms with Gasteiger partial charge in [0.25, 0.3) is 0 Å². The van der Waals surface area contributed by atoms with Crippen molar-refractivity contribution in [3.05, 3.63) is 64.7 Å². The summed E-state index contributed by atoms with van der Waals surface area (Å²) in [5.74, 6) is -0.229. The normalized spacial score (nSPS) is 15.9. The van der Waals surface area contributed by atoms with Crippen molar-refractivity contribution in [2.45, 2.75) is 25.8 Å². The van der Waals surface area contributed by atoms with Gasteiger partial charge in [0.15, 0.2) is 0 Å². The van der Waals surface area contributed by atoms with Crippen LogP contribution in [-0.4, -0.2) is 24.4 Å². The maximum Gasteiger partial charge on any atom is 0.243 e. The molecule has 24 heavy (non-hydrogen) atoms. The standard InChI is InChI=1S/C19H19ClN2O2/c1-13(23)22-17-5-3-2-4-15(17)12-18(22)19(24)21-11-10-14-6-8-16(20)9-7-14/h2-9,18H,10-12H2,1H3,(H,21,24). The average molecular weight is 343 g/mol. The van der Waals surface area contributed by atoms with E-state index in [-0.39, 0.29) is 11.8 Å². The molecular formula is C19H19ClN2O2. The van der Waals surface area contributed by atoms with Gasteiger partial charge in [0.05, 0.1) is 0 Å². The second-order valence-electron chi connectivity index (χ2n) is 5.91. The van der Waals surface area contributed by atoms with E-state index < -0.39 is 6.04 Å². The minimum atomic E-state index is -0.467. The van der Waals surface area contributed by atoms with Crippen molar-refractivity contribution in [2.24, 2.45) is 0 Å². The molecule has 3 rings (SSSR count). The predicted octanol–water partition coefficient (Wildman–Crippen LogP) is 2.98. The lowest BCUT2D eigenvalue weighted by molar-refractivity contribution is -0.125. The highest BCUT2D eigenvalue weighted by Crippen LogP contribution is 2.32. The summed E-state index contributed by atoms with van der Waals surface area (Å²) in [5.41, 5.74) is 2.98. The Morgan fingerprint density at radius 1 is 1.17 bits per heavy atom. The van der Waals surface area contributed by atoms with Crippen LogP contribution in [0.25, 0.3) is 0 Å². The molecule has 124 valence electrons. The van der Waals surface area contributed by atoms with Crippen molar-refractivity contribution in [3.63, 3.8) is 0 Å². The molecule has 0 spiro atoms. The van der Waals surface area contributed by atoms with E-state index in [1.807, 2.05) is 48.5 Å². The largest absolute Gasteiger partial charge is 0.354 e. The van der Waals surface area contributed by atoms with Gasteiger partial charge in [-0.25, -0.2) is 0 Å². The van der Waals surface area contributed by atoms with Gasteiger partial charge < -0.3 is 5.32 Å². The van der Waals surface area contributed by atoms with E-state index in [1.54, 1.807) is 4.90 Å². The zero-order chi connectivity index (χ0) is 17.1. The van der Waals surface area contributed by atoms with E-state index in [9.17, 15) is 9.59 Å². The van der Waals surface area contributed by atoms with Crippen LogP contribution in [0.1, 0.15) is 18.1 Å². The van der Waals surface area contributed by atoms with E-state index in [2.05, 4.69) is 5.32 Å². The molecule has 1 heterocycles. The van der Waals surface area contributed by atoms with Crippen LogP contribution in [0, 0.1) is 0 Å². The van der Waals surface area contributed by atoms with E-state index in [0.29, 0.717) is 18.0 Å². The third-order valence-electron chi connectivity index (χ3n) is 4.24. The second kappa shape index (κ2) is 7.05. The van der Waals surface area contributed by atoms with Crippen LogP contribution in [0.2, 0.25) is 5.02 Å². The summed E-state index contributed by atoms with van der Waals surface area (Å²) in [6.45, 7) is 2.02. The maximum absolute atomic E-state index is 12.5. The summed E-state index contributed by atoms with van der Waals surface area (Å²) in [4.78, 5) is 26.1. The molecular weight excluding hydrogens is 324 g/mol. The van der Waals surface area contributed by atoms with Gasteiger partial charge in [0.1, 0.15) is 6.04 Å². The highest BCUT2D eigenvalue weighted by molar-refractivity contribution is 6.30. The van der Waals surface area contributed by atoms with E-state index >= 15 is 0 Å². The van der Waals surface area contributed by atoms with Gasteiger partial charge in [0, 0.05) is 30.6 Å². The highest BCUT2D eigenvalue weighted by atomic mass is 35.5. The maximum atomic E-state index is 12.5. The van der Waals surface area contributed by atoms with Crippen molar-refractivity contribution in [3.8, 4) is 0 Å². The molecule has 4 nitrogen and oxygen atoms in total. The van der Waals surface area contributed by atoms with Crippen molar-refractivity contribution in [1.82, 2.24) is 5.32 Å². The Hall–Kier alpha value is -2.33. The lowest BCUT2D eigenvalue weighted by Crippen LogP contribution is -2.47. The number of amides is 2. The van der Waals surface area contributed by atoms with Gasteiger partial charge in [-0.3, -0.25) is 14.5 Å². The summed E-state index contributed by atoms with van der Waals surface area (Å²) in [6.07, 6.45) is 1.28. The first kappa shape index (κ1) is 16.5. The number of fused-ring (bicyclic) bond motifs is 1. The van der Waals surface area contributed by atoms with Crippen molar-refractivity contribution in [2.75, 3.05) is 11.4 Å². The Morgan fingerprint density at radius 3 is 2.58 bits per heavy atom. The third-order valence-corrected chi connectivity index (χ3v) is 4.50. The van der Waals surface area contributed by atoms with Crippen LogP contribution in [0.4, 0.5) is 5.69 Å². The van der Waals surface area contributed by atoms with E-state index in [0.717, 1.165) is 23.2 Å². The average Bonchev–Trinajstić information content (AvgIpc) is 2.96. The number of nitrogens with zero attached hydrogens (tertiary/aromatic N) is 1. The number of carbonyl (C=O) groups is 2. The SMILES string of the molecule is CC(=O)N1c2ccccc2CC1C(=O)NCCc1ccc(Cl)cc1. The minimum absolute atomic E-state index is 0.113. The molecule has 2 aromatic rings. The summed E-state index contributed by atoms with van der Waals surface area (Å²) >= 11 is 5.86. The van der Waals surface area contributed by atoms with E-state index in [4.69, 9.17) is 11.6 Å². The zero-order valence-electron chi connectivity index (χ0n) is 13.5. The van der Waals surface area contributed by atoms with Crippen molar-refractivity contribution < 1.29 is 9.59 Å². The van der Waals surface area contributed by atoms with E-state index in [1.165, 1.54) is 6.92 Å². The fourth-order valence-electron chi connectivity index (χ4n) is 3.08. The number of rotatable bonds is 4. The molecule has 0 saturated carbocycles.